The lowest BCUT2D eigenvalue weighted by atomic mass is 10.2. The van der Waals surface area contributed by atoms with E-state index >= 15 is 0 Å². The molecule has 0 radical (unpaired) electrons. The van der Waals surface area contributed by atoms with Crippen LogP contribution in [0.3, 0.4) is 0 Å². The van der Waals surface area contributed by atoms with Crippen molar-refractivity contribution in [3.05, 3.63) is 28.8 Å². The summed E-state index contributed by atoms with van der Waals surface area (Å²) in [6.07, 6.45) is 0. The van der Waals surface area contributed by atoms with Crippen LogP contribution in [0.5, 0.6) is 5.75 Å². The maximum atomic E-state index is 10.9. The van der Waals surface area contributed by atoms with Crippen molar-refractivity contribution in [2.45, 2.75) is 0 Å². The van der Waals surface area contributed by atoms with Crippen LogP contribution in [0, 0.1) is 0 Å². The zero-order chi connectivity index (χ0) is 12.1. The molecular formula is C10H10ClNO3S. The average molecular weight is 260 g/mol. The number of carbonyl (C=O) groups excluding carboxylic acids is 1. The molecule has 0 unspecified atom stereocenters. The summed E-state index contributed by atoms with van der Waals surface area (Å²) in [4.78, 5) is 11.0. The van der Waals surface area contributed by atoms with E-state index in [1.807, 2.05) is 0 Å². The number of hydrogen-bond acceptors (Lipinski definition) is 4. The number of halogens is 1. The summed E-state index contributed by atoms with van der Waals surface area (Å²) in [5, 5.41) is 0.384. The van der Waals surface area contributed by atoms with E-state index in [0.717, 1.165) is 0 Å². The molecule has 0 heterocycles. The summed E-state index contributed by atoms with van der Waals surface area (Å²) >= 11 is 10.8. The summed E-state index contributed by atoms with van der Waals surface area (Å²) < 4.78 is 9.65. The van der Waals surface area contributed by atoms with Gasteiger partial charge in [0.2, 0.25) is 0 Å². The molecule has 1 aromatic carbocycles. The Labute approximate surface area is 103 Å². The standard InChI is InChI=1S/C10H10ClNO3S/c1-14-8(13)5-15-7-4-2-3-6(11)9(7)10(12)16/h2-4H,5H2,1H3,(H2,12,16). The largest absolute Gasteiger partial charge is 0.481 e. The molecule has 6 heteroatoms. The molecule has 1 rings (SSSR count). The maximum absolute atomic E-state index is 10.9. The Morgan fingerprint density at radius 3 is 2.81 bits per heavy atom. The lowest BCUT2D eigenvalue weighted by molar-refractivity contribution is -0.142. The van der Waals surface area contributed by atoms with Gasteiger partial charge in [-0.1, -0.05) is 29.9 Å². The zero-order valence-corrected chi connectivity index (χ0v) is 10.1. The van der Waals surface area contributed by atoms with Crippen molar-refractivity contribution in [2.24, 2.45) is 5.73 Å². The maximum Gasteiger partial charge on any atom is 0.343 e. The van der Waals surface area contributed by atoms with Crippen molar-refractivity contribution in [3.8, 4) is 5.75 Å². The van der Waals surface area contributed by atoms with E-state index in [1.165, 1.54) is 7.11 Å². The lowest BCUT2D eigenvalue weighted by Crippen LogP contribution is -2.16. The number of carbonyl (C=O) groups is 1. The molecule has 0 bridgehead atoms. The Balaban J connectivity index is 2.91. The average Bonchev–Trinajstić information content (AvgIpc) is 2.25. The fraction of sp³-hybridized carbons (Fsp3) is 0.200. The van der Waals surface area contributed by atoms with Crippen LogP contribution in [0.1, 0.15) is 5.56 Å². The van der Waals surface area contributed by atoms with E-state index in [0.29, 0.717) is 16.3 Å². The van der Waals surface area contributed by atoms with E-state index in [4.69, 9.17) is 34.3 Å². The second-order valence-corrected chi connectivity index (χ2v) is 3.69. The lowest BCUT2D eigenvalue weighted by Gasteiger charge is -2.10. The van der Waals surface area contributed by atoms with Gasteiger partial charge in [-0.15, -0.1) is 0 Å². The highest BCUT2D eigenvalue weighted by Crippen LogP contribution is 2.26. The van der Waals surface area contributed by atoms with E-state index in [1.54, 1.807) is 18.2 Å². The Kier molecular flexibility index (Phi) is 4.52. The summed E-state index contributed by atoms with van der Waals surface area (Å²) in [5.41, 5.74) is 5.92. The number of hydrogen-bond donors (Lipinski definition) is 1. The van der Waals surface area contributed by atoms with Gasteiger partial charge in [-0.25, -0.2) is 4.79 Å². The van der Waals surface area contributed by atoms with Gasteiger partial charge in [0.25, 0.3) is 0 Å². The molecule has 4 nitrogen and oxygen atoms in total. The number of ether oxygens (including phenoxy) is 2. The highest BCUT2D eigenvalue weighted by Gasteiger charge is 2.12. The van der Waals surface area contributed by atoms with Crippen molar-refractivity contribution in [2.75, 3.05) is 13.7 Å². The van der Waals surface area contributed by atoms with Crippen LogP contribution < -0.4 is 10.5 Å². The molecular weight excluding hydrogens is 250 g/mol. The SMILES string of the molecule is COC(=O)COc1cccc(Cl)c1C(N)=S. The summed E-state index contributed by atoms with van der Waals surface area (Å²) in [6, 6.07) is 4.95. The van der Waals surface area contributed by atoms with Gasteiger partial charge >= 0.3 is 5.97 Å². The van der Waals surface area contributed by atoms with Crippen LogP contribution in [0.25, 0.3) is 0 Å². The molecule has 0 fully saturated rings. The van der Waals surface area contributed by atoms with Crippen molar-refractivity contribution < 1.29 is 14.3 Å². The quantitative estimate of drug-likeness (QED) is 0.656. The Morgan fingerprint density at radius 1 is 1.56 bits per heavy atom. The monoisotopic (exact) mass is 259 g/mol. The van der Waals surface area contributed by atoms with Gasteiger partial charge in [0.15, 0.2) is 6.61 Å². The van der Waals surface area contributed by atoms with Crippen molar-refractivity contribution >= 4 is 34.8 Å². The number of nitrogens with two attached hydrogens (primary N) is 1. The van der Waals surface area contributed by atoms with E-state index < -0.39 is 5.97 Å². The van der Waals surface area contributed by atoms with Crippen molar-refractivity contribution in [3.63, 3.8) is 0 Å². The third-order valence-corrected chi connectivity index (χ3v) is 2.31. The van der Waals surface area contributed by atoms with Crippen LogP contribution in [0.2, 0.25) is 5.02 Å². The van der Waals surface area contributed by atoms with Crippen LogP contribution >= 0.6 is 23.8 Å². The highest BCUT2D eigenvalue weighted by atomic mass is 35.5. The molecule has 0 amide bonds. The first kappa shape index (κ1) is 12.7. The normalized spacial score (nSPS) is 9.62. The van der Waals surface area contributed by atoms with Gasteiger partial charge in [-0.05, 0) is 12.1 Å². The number of esters is 1. The molecule has 0 aliphatic rings. The molecule has 0 saturated heterocycles. The minimum atomic E-state index is -0.492. The molecule has 0 aliphatic carbocycles. The minimum absolute atomic E-state index is 0.116. The molecule has 86 valence electrons. The predicted octanol–water partition coefficient (Wildman–Crippen LogP) is 1.53. The number of benzene rings is 1. The zero-order valence-electron chi connectivity index (χ0n) is 8.53. The second-order valence-electron chi connectivity index (χ2n) is 2.84. The Morgan fingerprint density at radius 2 is 2.25 bits per heavy atom. The molecule has 0 aliphatic heterocycles. The first-order valence-corrected chi connectivity index (χ1v) is 5.12. The Hall–Kier alpha value is -1.33. The van der Waals surface area contributed by atoms with E-state index in [2.05, 4.69) is 4.74 Å². The van der Waals surface area contributed by atoms with Crippen LogP contribution in [0.15, 0.2) is 18.2 Å². The van der Waals surface area contributed by atoms with Gasteiger partial charge in [0.1, 0.15) is 10.7 Å². The van der Waals surface area contributed by atoms with Crippen molar-refractivity contribution in [1.82, 2.24) is 0 Å². The van der Waals surface area contributed by atoms with Crippen LogP contribution in [-0.4, -0.2) is 24.7 Å². The fourth-order valence-corrected chi connectivity index (χ4v) is 1.59. The molecule has 1 aromatic rings. The summed E-state index contributed by atoms with van der Waals surface area (Å²) in [7, 11) is 1.28. The third-order valence-electron chi connectivity index (χ3n) is 1.79. The molecule has 16 heavy (non-hydrogen) atoms. The molecule has 0 saturated carbocycles. The first-order valence-electron chi connectivity index (χ1n) is 4.34. The number of methoxy groups -OCH3 is 1. The topological polar surface area (TPSA) is 61.5 Å². The van der Waals surface area contributed by atoms with Crippen molar-refractivity contribution in [1.29, 1.82) is 0 Å². The van der Waals surface area contributed by atoms with E-state index in [-0.39, 0.29) is 11.6 Å². The molecule has 0 atom stereocenters. The van der Waals surface area contributed by atoms with Crippen LogP contribution in [0.4, 0.5) is 0 Å². The van der Waals surface area contributed by atoms with Gasteiger partial charge in [0.05, 0.1) is 17.7 Å². The van der Waals surface area contributed by atoms with Gasteiger partial charge in [-0.3, -0.25) is 0 Å². The fourth-order valence-electron chi connectivity index (χ4n) is 1.06. The summed E-state index contributed by atoms with van der Waals surface area (Å²) in [5.74, 6) is -0.126. The molecule has 2 N–H and O–H groups in total. The highest BCUT2D eigenvalue weighted by molar-refractivity contribution is 7.80. The third kappa shape index (κ3) is 3.08. The number of thiocarbonyl (C=S) groups is 1. The summed E-state index contributed by atoms with van der Waals surface area (Å²) in [6.45, 7) is -0.216. The number of rotatable bonds is 4. The first-order chi connectivity index (χ1) is 7.56. The van der Waals surface area contributed by atoms with Crippen LogP contribution in [-0.2, 0) is 9.53 Å². The minimum Gasteiger partial charge on any atom is -0.481 e. The van der Waals surface area contributed by atoms with Gasteiger partial charge < -0.3 is 15.2 Å². The van der Waals surface area contributed by atoms with Gasteiger partial charge in [0, 0.05) is 0 Å². The predicted molar refractivity (Wildman–Crippen MR) is 64.9 cm³/mol. The molecule has 0 aromatic heterocycles. The second kappa shape index (κ2) is 5.67. The molecule has 0 spiro atoms. The van der Waals surface area contributed by atoms with Gasteiger partial charge in [-0.2, -0.15) is 0 Å². The Bertz CT molecular complexity index is 423. The smallest absolute Gasteiger partial charge is 0.343 e. The van der Waals surface area contributed by atoms with E-state index in [9.17, 15) is 4.79 Å².